The average molecular weight is 315 g/mol. The molecule has 0 N–H and O–H groups in total. The topological polar surface area (TPSA) is 3.24 Å². The van der Waals surface area contributed by atoms with Crippen LogP contribution in [0.3, 0.4) is 0 Å². The maximum absolute atomic E-state index is 2.56. The Hall–Kier alpha value is -2.28. The van der Waals surface area contributed by atoms with Crippen molar-refractivity contribution in [3.05, 3.63) is 88.1 Å². The lowest BCUT2D eigenvalue weighted by atomic mass is 9.92. The molecule has 122 valence electrons. The van der Waals surface area contributed by atoms with Crippen LogP contribution in [0.25, 0.3) is 5.57 Å². The van der Waals surface area contributed by atoms with E-state index in [1.807, 2.05) is 0 Å². The van der Waals surface area contributed by atoms with Crippen LogP contribution in [0.15, 0.2) is 60.3 Å². The van der Waals surface area contributed by atoms with Crippen molar-refractivity contribution in [2.75, 3.05) is 0 Å². The van der Waals surface area contributed by atoms with Crippen molar-refractivity contribution >= 4 is 5.57 Å². The van der Waals surface area contributed by atoms with E-state index in [1.165, 1.54) is 39.0 Å². The summed E-state index contributed by atoms with van der Waals surface area (Å²) in [4.78, 5) is 2.56. The second kappa shape index (κ2) is 5.66. The molecule has 2 aromatic rings. The smallest absolute Gasteiger partial charge is 0.0737 e. The van der Waals surface area contributed by atoms with Gasteiger partial charge in [0.15, 0.2) is 0 Å². The van der Waals surface area contributed by atoms with Crippen molar-refractivity contribution in [3.63, 3.8) is 0 Å². The predicted molar refractivity (Wildman–Crippen MR) is 102 cm³/mol. The van der Waals surface area contributed by atoms with Crippen molar-refractivity contribution in [1.29, 1.82) is 0 Å². The molecular formula is C23H25N. The van der Waals surface area contributed by atoms with E-state index in [2.05, 4.69) is 87.3 Å². The highest BCUT2D eigenvalue weighted by atomic mass is 15.2. The van der Waals surface area contributed by atoms with Gasteiger partial charge in [-0.05, 0) is 49.5 Å². The lowest BCUT2D eigenvalue weighted by Crippen LogP contribution is -2.22. The van der Waals surface area contributed by atoms with Crippen LogP contribution in [0.4, 0.5) is 0 Å². The third-order valence-electron chi connectivity index (χ3n) is 5.43. The van der Waals surface area contributed by atoms with Gasteiger partial charge in [0, 0.05) is 11.8 Å². The lowest BCUT2D eigenvalue weighted by molar-refractivity contribution is 0.265. The minimum atomic E-state index is 0.387. The summed E-state index contributed by atoms with van der Waals surface area (Å²) < 4.78 is 0. The van der Waals surface area contributed by atoms with E-state index in [9.17, 15) is 0 Å². The van der Waals surface area contributed by atoms with Crippen LogP contribution < -0.4 is 0 Å². The second-order valence-electron chi connectivity index (χ2n) is 7.21. The summed E-state index contributed by atoms with van der Waals surface area (Å²) in [5.74, 6) is 0. The van der Waals surface area contributed by atoms with Gasteiger partial charge in [0.1, 0.15) is 0 Å². The third kappa shape index (κ3) is 2.31. The molecule has 0 saturated heterocycles. The van der Waals surface area contributed by atoms with Gasteiger partial charge in [-0.15, -0.1) is 0 Å². The zero-order valence-corrected chi connectivity index (χ0v) is 15.0. The normalized spacial score (nSPS) is 21.9. The van der Waals surface area contributed by atoms with Crippen LogP contribution in [0, 0.1) is 13.8 Å². The molecule has 2 heterocycles. The summed E-state index contributed by atoms with van der Waals surface area (Å²) in [7, 11) is 0. The van der Waals surface area contributed by atoms with E-state index >= 15 is 0 Å². The molecule has 1 unspecified atom stereocenters. The van der Waals surface area contributed by atoms with Crippen LogP contribution in [-0.4, -0.2) is 4.90 Å². The molecule has 2 aliphatic rings. The highest BCUT2D eigenvalue weighted by Gasteiger charge is 2.36. The number of benzene rings is 2. The Morgan fingerprint density at radius 2 is 1.71 bits per heavy atom. The first-order valence-corrected chi connectivity index (χ1v) is 8.94. The fraction of sp³-hybridized carbons (Fsp3) is 0.304. The number of hydrogen-bond donors (Lipinski definition) is 0. The second-order valence-corrected chi connectivity index (χ2v) is 7.21. The SMILES string of the molecule is CC[C@@H]1c2ccc(C)cc2C2C=C(C)C(c3cccc(C)c3)=CN21. The molecule has 0 aromatic heterocycles. The van der Waals surface area contributed by atoms with Crippen LogP contribution in [0.5, 0.6) is 0 Å². The Bertz CT molecular complexity index is 856. The zero-order chi connectivity index (χ0) is 16.8. The van der Waals surface area contributed by atoms with Gasteiger partial charge >= 0.3 is 0 Å². The molecule has 0 amide bonds. The highest BCUT2D eigenvalue weighted by molar-refractivity contribution is 5.80. The van der Waals surface area contributed by atoms with Gasteiger partial charge in [-0.3, -0.25) is 0 Å². The highest BCUT2D eigenvalue weighted by Crippen LogP contribution is 2.49. The van der Waals surface area contributed by atoms with Crippen molar-refractivity contribution < 1.29 is 0 Å². The minimum absolute atomic E-state index is 0.387. The van der Waals surface area contributed by atoms with Gasteiger partial charge in [0.25, 0.3) is 0 Å². The van der Waals surface area contributed by atoms with E-state index in [0.717, 1.165) is 6.42 Å². The number of fused-ring (bicyclic) bond motifs is 3. The monoisotopic (exact) mass is 315 g/mol. The summed E-state index contributed by atoms with van der Waals surface area (Å²) in [5.41, 5.74) is 9.72. The molecule has 24 heavy (non-hydrogen) atoms. The first-order chi connectivity index (χ1) is 11.6. The number of nitrogens with zero attached hydrogens (tertiary/aromatic N) is 1. The molecule has 2 atom stereocenters. The van der Waals surface area contributed by atoms with E-state index in [0.29, 0.717) is 12.1 Å². The molecular weight excluding hydrogens is 290 g/mol. The quantitative estimate of drug-likeness (QED) is 0.646. The third-order valence-corrected chi connectivity index (χ3v) is 5.43. The zero-order valence-electron chi connectivity index (χ0n) is 15.0. The standard InChI is InChI=1S/C23H25N/c1-5-22-19-10-9-16(3)12-20(19)23-13-17(4)21(14-24(22)23)18-8-6-7-15(2)11-18/h6-14,22-23H,5H2,1-4H3/t22-,23?/m1/s1. The number of allylic oxidation sites excluding steroid dienone is 2. The van der Waals surface area contributed by atoms with Crippen molar-refractivity contribution in [2.24, 2.45) is 0 Å². The fourth-order valence-corrected chi connectivity index (χ4v) is 4.24. The summed E-state index contributed by atoms with van der Waals surface area (Å²) in [6, 6.07) is 16.7. The summed E-state index contributed by atoms with van der Waals surface area (Å²) in [6.45, 7) is 8.90. The lowest BCUT2D eigenvalue weighted by Gasteiger charge is -2.33. The number of rotatable bonds is 2. The van der Waals surface area contributed by atoms with Gasteiger partial charge in [0.2, 0.25) is 0 Å². The summed E-state index contributed by atoms with van der Waals surface area (Å²) in [5, 5.41) is 0. The van der Waals surface area contributed by atoms with Crippen molar-refractivity contribution in [2.45, 2.75) is 46.2 Å². The van der Waals surface area contributed by atoms with E-state index in [4.69, 9.17) is 0 Å². The van der Waals surface area contributed by atoms with Crippen LogP contribution in [0.2, 0.25) is 0 Å². The maximum atomic E-state index is 2.56. The number of aryl methyl sites for hydroxylation is 2. The Kier molecular flexibility index (Phi) is 3.60. The van der Waals surface area contributed by atoms with E-state index in [-0.39, 0.29) is 0 Å². The molecule has 1 nitrogen and oxygen atoms in total. The van der Waals surface area contributed by atoms with Crippen molar-refractivity contribution in [1.82, 2.24) is 4.90 Å². The average Bonchev–Trinajstić information content (AvgIpc) is 2.86. The summed E-state index contributed by atoms with van der Waals surface area (Å²) in [6.07, 6.45) is 5.99. The molecule has 4 rings (SSSR count). The molecule has 0 radical (unpaired) electrons. The molecule has 0 fully saturated rings. The molecule has 0 bridgehead atoms. The van der Waals surface area contributed by atoms with Crippen molar-refractivity contribution in [3.8, 4) is 0 Å². The van der Waals surface area contributed by atoms with E-state index < -0.39 is 0 Å². The Morgan fingerprint density at radius 1 is 0.917 bits per heavy atom. The predicted octanol–water partition coefficient (Wildman–Crippen LogP) is 6.11. The molecule has 0 spiro atoms. The Morgan fingerprint density at radius 3 is 2.46 bits per heavy atom. The van der Waals surface area contributed by atoms with Gasteiger partial charge < -0.3 is 4.90 Å². The first-order valence-electron chi connectivity index (χ1n) is 8.94. The van der Waals surface area contributed by atoms with Gasteiger partial charge in [0.05, 0.1) is 12.1 Å². The Balaban J connectivity index is 1.82. The number of hydrogen-bond acceptors (Lipinski definition) is 1. The van der Waals surface area contributed by atoms with Gasteiger partial charge in [-0.1, -0.05) is 66.6 Å². The first kappa shape index (κ1) is 15.3. The Labute approximate surface area is 145 Å². The van der Waals surface area contributed by atoms with Crippen LogP contribution in [0.1, 0.15) is 60.2 Å². The molecule has 0 aliphatic carbocycles. The van der Waals surface area contributed by atoms with E-state index in [1.54, 1.807) is 0 Å². The van der Waals surface area contributed by atoms with Crippen LogP contribution >= 0.6 is 0 Å². The van der Waals surface area contributed by atoms with Crippen LogP contribution in [-0.2, 0) is 0 Å². The minimum Gasteiger partial charge on any atom is -0.359 e. The maximum Gasteiger partial charge on any atom is 0.0737 e. The summed E-state index contributed by atoms with van der Waals surface area (Å²) >= 11 is 0. The molecule has 2 aliphatic heterocycles. The largest absolute Gasteiger partial charge is 0.359 e. The van der Waals surface area contributed by atoms with Gasteiger partial charge in [-0.25, -0.2) is 0 Å². The molecule has 0 saturated carbocycles. The fourth-order valence-electron chi connectivity index (χ4n) is 4.24. The van der Waals surface area contributed by atoms with Gasteiger partial charge in [-0.2, -0.15) is 0 Å². The molecule has 1 heteroatoms. The molecule has 2 aromatic carbocycles.